The summed E-state index contributed by atoms with van der Waals surface area (Å²) >= 11 is 0. The number of furan rings is 1. The Bertz CT molecular complexity index is 554. The molecule has 5 heteroatoms. The maximum Gasteiger partial charge on any atom is 0.261 e. The van der Waals surface area contributed by atoms with Gasteiger partial charge >= 0.3 is 0 Å². The largest absolute Gasteiger partial charge is 0.478 e. The number of carbonyl (C=O) groups is 1. The number of hydrogen-bond donors (Lipinski definition) is 1. The highest BCUT2D eigenvalue weighted by atomic mass is 19.1. The standard InChI is InChI=1S/C15H16FNO3/c1-2-13(20-14-8-4-3-7-12(14)16)15(18)17-10-11-6-5-9-19-11/h3-9,13H,2,10H2,1H3,(H,17,18)/t13-/m1/s1. The lowest BCUT2D eigenvalue weighted by Crippen LogP contribution is -2.37. The molecule has 0 saturated carbocycles. The Morgan fingerprint density at radius 1 is 1.35 bits per heavy atom. The molecule has 2 rings (SSSR count). The second kappa shape index (κ2) is 6.75. The van der Waals surface area contributed by atoms with Gasteiger partial charge in [0.15, 0.2) is 17.7 Å². The molecule has 1 aromatic heterocycles. The highest BCUT2D eigenvalue weighted by molar-refractivity contribution is 5.81. The molecule has 1 aromatic carbocycles. The summed E-state index contributed by atoms with van der Waals surface area (Å²) in [7, 11) is 0. The number of nitrogens with one attached hydrogen (secondary N) is 1. The van der Waals surface area contributed by atoms with Crippen LogP contribution in [0.3, 0.4) is 0 Å². The molecular formula is C15H16FNO3. The molecular weight excluding hydrogens is 261 g/mol. The van der Waals surface area contributed by atoms with Crippen LogP contribution in [0.15, 0.2) is 47.1 Å². The summed E-state index contributed by atoms with van der Waals surface area (Å²) in [4.78, 5) is 12.0. The number of hydrogen-bond acceptors (Lipinski definition) is 3. The number of ether oxygens (including phenoxy) is 1. The van der Waals surface area contributed by atoms with Gasteiger partial charge in [0, 0.05) is 0 Å². The number of benzene rings is 1. The molecule has 1 amide bonds. The lowest BCUT2D eigenvalue weighted by atomic mass is 10.2. The third kappa shape index (κ3) is 3.60. The molecule has 0 saturated heterocycles. The van der Waals surface area contributed by atoms with Crippen LogP contribution < -0.4 is 10.1 Å². The average Bonchev–Trinajstić information content (AvgIpc) is 2.97. The summed E-state index contributed by atoms with van der Waals surface area (Å²) in [6, 6.07) is 9.53. The molecule has 0 aliphatic carbocycles. The van der Waals surface area contributed by atoms with Gasteiger partial charge in [0.1, 0.15) is 5.76 Å². The zero-order valence-electron chi connectivity index (χ0n) is 11.1. The zero-order valence-corrected chi connectivity index (χ0v) is 11.1. The van der Waals surface area contributed by atoms with Crippen LogP contribution >= 0.6 is 0 Å². The molecule has 0 fully saturated rings. The van der Waals surface area contributed by atoms with Crippen LogP contribution in [0.2, 0.25) is 0 Å². The van der Waals surface area contributed by atoms with E-state index in [2.05, 4.69) is 5.32 Å². The maximum absolute atomic E-state index is 13.5. The number of para-hydroxylation sites is 1. The first kappa shape index (κ1) is 14.1. The maximum atomic E-state index is 13.5. The number of rotatable bonds is 6. The van der Waals surface area contributed by atoms with Crippen LogP contribution in [-0.4, -0.2) is 12.0 Å². The predicted molar refractivity (Wildman–Crippen MR) is 71.7 cm³/mol. The van der Waals surface area contributed by atoms with Crippen LogP contribution in [0.1, 0.15) is 19.1 Å². The summed E-state index contributed by atoms with van der Waals surface area (Å²) in [6.45, 7) is 2.08. The Kier molecular flexibility index (Phi) is 4.76. The van der Waals surface area contributed by atoms with Gasteiger partial charge in [-0.2, -0.15) is 0 Å². The number of amides is 1. The van der Waals surface area contributed by atoms with Crippen molar-refractivity contribution < 1.29 is 18.3 Å². The van der Waals surface area contributed by atoms with E-state index in [0.717, 1.165) is 0 Å². The lowest BCUT2D eigenvalue weighted by Gasteiger charge is -2.17. The Hall–Kier alpha value is -2.30. The van der Waals surface area contributed by atoms with Crippen molar-refractivity contribution in [3.05, 3.63) is 54.2 Å². The highest BCUT2D eigenvalue weighted by Crippen LogP contribution is 2.18. The minimum absolute atomic E-state index is 0.0764. The normalized spacial score (nSPS) is 11.9. The van der Waals surface area contributed by atoms with Crippen LogP contribution in [0.4, 0.5) is 4.39 Å². The predicted octanol–water partition coefficient (Wildman–Crippen LogP) is 2.89. The minimum atomic E-state index is -0.734. The van der Waals surface area contributed by atoms with Crippen molar-refractivity contribution in [2.75, 3.05) is 0 Å². The molecule has 4 nitrogen and oxygen atoms in total. The van der Waals surface area contributed by atoms with Crippen molar-refractivity contribution in [1.29, 1.82) is 0 Å². The van der Waals surface area contributed by atoms with Gasteiger partial charge in [-0.15, -0.1) is 0 Å². The van der Waals surface area contributed by atoms with E-state index in [1.807, 2.05) is 0 Å². The van der Waals surface area contributed by atoms with E-state index < -0.39 is 11.9 Å². The third-order valence-corrected chi connectivity index (χ3v) is 2.79. The number of halogens is 1. The van der Waals surface area contributed by atoms with Gasteiger partial charge in [0.2, 0.25) is 0 Å². The smallest absolute Gasteiger partial charge is 0.261 e. The topological polar surface area (TPSA) is 51.5 Å². The van der Waals surface area contributed by atoms with Crippen molar-refractivity contribution in [2.45, 2.75) is 26.0 Å². The molecule has 1 heterocycles. The second-order valence-electron chi connectivity index (χ2n) is 4.24. The first-order valence-electron chi connectivity index (χ1n) is 6.42. The second-order valence-corrected chi connectivity index (χ2v) is 4.24. The summed E-state index contributed by atoms with van der Waals surface area (Å²) in [6.07, 6.45) is 1.24. The molecule has 2 aromatic rings. The van der Waals surface area contributed by atoms with Crippen LogP contribution in [0, 0.1) is 5.82 Å². The number of carbonyl (C=O) groups excluding carboxylic acids is 1. The fraction of sp³-hybridized carbons (Fsp3) is 0.267. The molecule has 20 heavy (non-hydrogen) atoms. The zero-order chi connectivity index (χ0) is 14.4. The van der Waals surface area contributed by atoms with Crippen molar-refractivity contribution in [3.8, 4) is 5.75 Å². The van der Waals surface area contributed by atoms with Gasteiger partial charge in [-0.3, -0.25) is 4.79 Å². The van der Waals surface area contributed by atoms with Gasteiger partial charge in [-0.1, -0.05) is 19.1 Å². The first-order valence-corrected chi connectivity index (χ1v) is 6.42. The summed E-state index contributed by atoms with van der Waals surface area (Å²) in [5, 5.41) is 2.70. The summed E-state index contributed by atoms with van der Waals surface area (Å²) in [5.41, 5.74) is 0. The molecule has 0 bridgehead atoms. The molecule has 1 N–H and O–H groups in total. The Morgan fingerprint density at radius 2 is 2.15 bits per heavy atom. The molecule has 0 unspecified atom stereocenters. The van der Waals surface area contributed by atoms with Crippen LogP contribution in [-0.2, 0) is 11.3 Å². The molecule has 0 aliphatic heterocycles. The van der Waals surface area contributed by atoms with E-state index in [1.54, 1.807) is 31.2 Å². The Labute approximate surface area is 116 Å². The van der Waals surface area contributed by atoms with Gasteiger partial charge in [0.05, 0.1) is 12.8 Å². The molecule has 0 spiro atoms. The van der Waals surface area contributed by atoms with Crippen molar-refractivity contribution in [3.63, 3.8) is 0 Å². The molecule has 1 atom stereocenters. The van der Waals surface area contributed by atoms with Crippen molar-refractivity contribution in [1.82, 2.24) is 5.32 Å². The molecule has 0 aliphatic rings. The molecule has 0 radical (unpaired) electrons. The fourth-order valence-electron chi connectivity index (χ4n) is 1.72. The fourth-order valence-corrected chi connectivity index (χ4v) is 1.72. The lowest BCUT2D eigenvalue weighted by molar-refractivity contribution is -0.128. The molecule has 106 valence electrons. The quantitative estimate of drug-likeness (QED) is 0.883. The van der Waals surface area contributed by atoms with Gasteiger partial charge in [-0.25, -0.2) is 4.39 Å². The van der Waals surface area contributed by atoms with E-state index in [0.29, 0.717) is 12.2 Å². The summed E-state index contributed by atoms with van der Waals surface area (Å²) in [5.74, 6) is -0.0523. The van der Waals surface area contributed by atoms with Gasteiger partial charge in [-0.05, 0) is 30.7 Å². The Balaban J connectivity index is 1.94. The van der Waals surface area contributed by atoms with E-state index in [-0.39, 0.29) is 18.2 Å². The highest BCUT2D eigenvalue weighted by Gasteiger charge is 2.19. The van der Waals surface area contributed by atoms with Crippen LogP contribution in [0.25, 0.3) is 0 Å². The van der Waals surface area contributed by atoms with Crippen LogP contribution in [0.5, 0.6) is 5.75 Å². The van der Waals surface area contributed by atoms with E-state index >= 15 is 0 Å². The minimum Gasteiger partial charge on any atom is -0.478 e. The van der Waals surface area contributed by atoms with Crippen molar-refractivity contribution in [2.24, 2.45) is 0 Å². The average molecular weight is 277 g/mol. The van der Waals surface area contributed by atoms with Gasteiger partial charge in [0.25, 0.3) is 5.91 Å². The SMILES string of the molecule is CC[C@@H](Oc1ccccc1F)C(=O)NCc1ccco1. The van der Waals surface area contributed by atoms with E-state index in [1.165, 1.54) is 18.4 Å². The van der Waals surface area contributed by atoms with Crippen molar-refractivity contribution >= 4 is 5.91 Å². The summed E-state index contributed by atoms with van der Waals surface area (Å²) < 4.78 is 24.0. The third-order valence-electron chi connectivity index (χ3n) is 2.79. The first-order chi connectivity index (χ1) is 9.70. The van der Waals surface area contributed by atoms with E-state index in [4.69, 9.17) is 9.15 Å². The monoisotopic (exact) mass is 277 g/mol. The van der Waals surface area contributed by atoms with Gasteiger partial charge < -0.3 is 14.5 Å². The van der Waals surface area contributed by atoms with E-state index in [9.17, 15) is 9.18 Å². The Morgan fingerprint density at radius 3 is 2.80 bits per heavy atom.